The van der Waals surface area contributed by atoms with Gasteiger partial charge in [-0.2, -0.15) is 0 Å². The summed E-state index contributed by atoms with van der Waals surface area (Å²) in [6.45, 7) is 1.71. The van der Waals surface area contributed by atoms with E-state index in [9.17, 15) is 0 Å². The highest BCUT2D eigenvalue weighted by Crippen LogP contribution is 2.19. The Morgan fingerprint density at radius 3 is 3.00 bits per heavy atom. The van der Waals surface area contributed by atoms with E-state index in [1.165, 1.54) is 5.57 Å². The third kappa shape index (κ3) is 2.28. The first-order chi connectivity index (χ1) is 6.97. The molecule has 0 aromatic carbocycles. The Morgan fingerprint density at radius 1 is 1.07 bits per heavy atom. The molecule has 0 spiro atoms. The summed E-state index contributed by atoms with van der Waals surface area (Å²) in [4.78, 5) is 8.63. The minimum Gasteiger partial charge on any atom is -0.293 e. The lowest BCUT2D eigenvalue weighted by molar-refractivity contribution is 0.630. The summed E-state index contributed by atoms with van der Waals surface area (Å²) in [5, 5.41) is 0. The summed E-state index contributed by atoms with van der Waals surface area (Å²) in [6.07, 6.45) is 15.2. The number of hydrogen-bond donors (Lipinski definition) is 0. The molecule has 0 aliphatic carbocycles. The number of rotatable bonds is 1. The van der Waals surface area contributed by atoms with Gasteiger partial charge in [0.05, 0.1) is 6.54 Å². The first kappa shape index (κ1) is 9.13. The SMILES string of the molecule is C1=CC=C(C2CC=CC=NC2)CN=C1. The minimum absolute atomic E-state index is 0.532. The van der Waals surface area contributed by atoms with Crippen LogP contribution in [0.1, 0.15) is 6.42 Å². The Kier molecular flexibility index (Phi) is 3.06. The molecule has 0 aromatic rings. The van der Waals surface area contributed by atoms with Gasteiger partial charge >= 0.3 is 0 Å². The standard InChI is InChI=1S/C12H14N2/c1-3-7-13-9-11(5-1)12-6-2-4-8-14-10-12/h1-5,7-8,12H,6,9-10H2. The van der Waals surface area contributed by atoms with E-state index in [0.29, 0.717) is 5.92 Å². The van der Waals surface area contributed by atoms with Crippen LogP contribution >= 0.6 is 0 Å². The van der Waals surface area contributed by atoms with Gasteiger partial charge in [0.15, 0.2) is 0 Å². The minimum atomic E-state index is 0.532. The lowest BCUT2D eigenvalue weighted by atomic mass is 9.95. The van der Waals surface area contributed by atoms with Gasteiger partial charge in [0.1, 0.15) is 0 Å². The molecule has 2 aliphatic rings. The smallest absolute Gasteiger partial charge is 0.0606 e. The fourth-order valence-corrected chi connectivity index (χ4v) is 1.66. The summed E-state index contributed by atoms with van der Waals surface area (Å²) in [5.41, 5.74) is 1.39. The average Bonchev–Trinajstić information content (AvgIpc) is 2.62. The number of allylic oxidation sites excluding steroid dienone is 5. The molecule has 0 fully saturated rings. The third-order valence-electron chi connectivity index (χ3n) is 2.49. The molecule has 14 heavy (non-hydrogen) atoms. The second-order valence-corrected chi connectivity index (χ2v) is 3.49. The van der Waals surface area contributed by atoms with E-state index >= 15 is 0 Å². The lowest BCUT2D eigenvalue weighted by Gasteiger charge is -2.13. The summed E-state index contributed by atoms with van der Waals surface area (Å²) < 4.78 is 0. The predicted octanol–water partition coefficient (Wildman–Crippen LogP) is 2.20. The van der Waals surface area contributed by atoms with Crippen molar-refractivity contribution in [1.82, 2.24) is 0 Å². The number of hydrogen-bond acceptors (Lipinski definition) is 2. The molecule has 0 bridgehead atoms. The maximum absolute atomic E-state index is 4.33. The fraction of sp³-hybridized carbons (Fsp3) is 0.333. The molecule has 72 valence electrons. The van der Waals surface area contributed by atoms with Crippen LogP contribution in [-0.4, -0.2) is 25.5 Å². The van der Waals surface area contributed by atoms with Gasteiger partial charge in [-0.15, -0.1) is 0 Å². The Morgan fingerprint density at radius 2 is 2.00 bits per heavy atom. The molecule has 2 heterocycles. The summed E-state index contributed by atoms with van der Waals surface area (Å²) in [7, 11) is 0. The molecular formula is C12H14N2. The summed E-state index contributed by atoms with van der Waals surface area (Å²) >= 11 is 0. The maximum Gasteiger partial charge on any atom is 0.0606 e. The Labute approximate surface area is 84.5 Å². The van der Waals surface area contributed by atoms with E-state index < -0.39 is 0 Å². The predicted molar refractivity (Wildman–Crippen MR) is 61.2 cm³/mol. The molecule has 0 aromatic heterocycles. The van der Waals surface area contributed by atoms with Crippen molar-refractivity contribution in [1.29, 1.82) is 0 Å². The van der Waals surface area contributed by atoms with E-state index in [-0.39, 0.29) is 0 Å². The zero-order chi connectivity index (χ0) is 9.64. The van der Waals surface area contributed by atoms with Crippen LogP contribution in [0.25, 0.3) is 0 Å². The third-order valence-corrected chi connectivity index (χ3v) is 2.49. The van der Waals surface area contributed by atoms with Crippen LogP contribution < -0.4 is 0 Å². The van der Waals surface area contributed by atoms with Crippen LogP contribution in [0.5, 0.6) is 0 Å². The number of aliphatic imine (C=N–C) groups is 2. The van der Waals surface area contributed by atoms with Crippen LogP contribution in [0.3, 0.4) is 0 Å². The highest BCUT2D eigenvalue weighted by Gasteiger charge is 2.12. The van der Waals surface area contributed by atoms with Crippen molar-refractivity contribution < 1.29 is 0 Å². The first-order valence-corrected chi connectivity index (χ1v) is 4.97. The van der Waals surface area contributed by atoms with Gasteiger partial charge in [0.25, 0.3) is 0 Å². The summed E-state index contributed by atoms with van der Waals surface area (Å²) in [6, 6.07) is 0. The molecule has 0 radical (unpaired) electrons. The van der Waals surface area contributed by atoms with Crippen LogP contribution in [0.2, 0.25) is 0 Å². The normalized spacial score (nSPS) is 25.7. The molecule has 2 heteroatoms. The molecular weight excluding hydrogens is 172 g/mol. The highest BCUT2D eigenvalue weighted by molar-refractivity contribution is 5.72. The van der Waals surface area contributed by atoms with Crippen LogP contribution in [0, 0.1) is 5.92 Å². The maximum atomic E-state index is 4.33. The molecule has 1 unspecified atom stereocenters. The summed E-state index contributed by atoms with van der Waals surface area (Å²) in [5.74, 6) is 0.532. The van der Waals surface area contributed by atoms with Crippen molar-refractivity contribution in [3.8, 4) is 0 Å². The molecule has 0 N–H and O–H groups in total. The van der Waals surface area contributed by atoms with Gasteiger partial charge in [-0.05, 0) is 24.1 Å². The van der Waals surface area contributed by atoms with Gasteiger partial charge in [-0.1, -0.05) is 18.2 Å². The Balaban J connectivity index is 2.10. The molecule has 1 atom stereocenters. The van der Waals surface area contributed by atoms with Gasteiger partial charge in [-0.3, -0.25) is 9.98 Å². The topological polar surface area (TPSA) is 24.7 Å². The van der Waals surface area contributed by atoms with E-state index in [4.69, 9.17) is 0 Å². The van der Waals surface area contributed by atoms with Gasteiger partial charge < -0.3 is 0 Å². The van der Waals surface area contributed by atoms with Crippen LogP contribution in [0.15, 0.2) is 45.9 Å². The lowest BCUT2D eigenvalue weighted by Crippen LogP contribution is -2.09. The monoisotopic (exact) mass is 186 g/mol. The zero-order valence-electron chi connectivity index (χ0n) is 8.13. The fourth-order valence-electron chi connectivity index (χ4n) is 1.66. The number of nitrogens with zero attached hydrogens (tertiary/aromatic N) is 2. The van der Waals surface area contributed by atoms with E-state index in [2.05, 4.69) is 28.2 Å². The zero-order valence-corrected chi connectivity index (χ0v) is 8.13. The van der Waals surface area contributed by atoms with E-state index in [1.54, 1.807) is 0 Å². The van der Waals surface area contributed by atoms with Crippen molar-refractivity contribution in [3.63, 3.8) is 0 Å². The second kappa shape index (κ2) is 4.70. The van der Waals surface area contributed by atoms with Crippen LogP contribution in [0.4, 0.5) is 0 Å². The Hall–Kier alpha value is -1.44. The van der Waals surface area contributed by atoms with Crippen molar-refractivity contribution >= 4 is 12.4 Å². The van der Waals surface area contributed by atoms with Gasteiger partial charge in [0, 0.05) is 24.9 Å². The van der Waals surface area contributed by atoms with Gasteiger partial charge in [0.2, 0.25) is 0 Å². The molecule has 2 aliphatic heterocycles. The average molecular weight is 186 g/mol. The quantitative estimate of drug-likeness (QED) is 0.599. The van der Waals surface area contributed by atoms with E-state index in [0.717, 1.165) is 19.5 Å². The largest absolute Gasteiger partial charge is 0.293 e. The Bertz CT molecular complexity index is 318. The second-order valence-electron chi connectivity index (χ2n) is 3.49. The van der Waals surface area contributed by atoms with Gasteiger partial charge in [-0.25, -0.2) is 0 Å². The van der Waals surface area contributed by atoms with Crippen molar-refractivity contribution in [2.24, 2.45) is 15.9 Å². The molecule has 2 rings (SSSR count). The van der Waals surface area contributed by atoms with E-state index in [1.807, 2.05) is 24.6 Å². The van der Waals surface area contributed by atoms with Crippen molar-refractivity contribution in [2.75, 3.05) is 13.1 Å². The van der Waals surface area contributed by atoms with Crippen LogP contribution in [-0.2, 0) is 0 Å². The molecule has 2 nitrogen and oxygen atoms in total. The van der Waals surface area contributed by atoms with Crippen molar-refractivity contribution in [3.05, 3.63) is 36.0 Å². The molecule has 0 saturated heterocycles. The highest BCUT2D eigenvalue weighted by atomic mass is 14.7. The molecule has 0 saturated carbocycles. The molecule has 0 amide bonds. The first-order valence-electron chi connectivity index (χ1n) is 4.97. The van der Waals surface area contributed by atoms with Crippen molar-refractivity contribution in [2.45, 2.75) is 6.42 Å².